The van der Waals surface area contributed by atoms with Crippen LogP contribution in [0.2, 0.25) is 0 Å². The van der Waals surface area contributed by atoms with E-state index >= 15 is 0 Å². The number of amides is 1. The lowest BCUT2D eigenvalue weighted by Gasteiger charge is -2.18. The van der Waals surface area contributed by atoms with E-state index in [1.165, 1.54) is 42.5 Å². The van der Waals surface area contributed by atoms with Gasteiger partial charge >= 0.3 is 5.97 Å². The van der Waals surface area contributed by atoms with Gasteiger partial charge in [-0.1, -0.05) is 42.5 Å². The lowest BCUT2D eigenvalue weighted by atomic mass is 10.1. The number of rotatable bonds is 5. The molecule has 1 N–H and O–H groups in total. The van der Waals surface area contributed by atoms with Gasteiger partial charge in [0, 0.05) is 11.3 Å². The molecular weight excluding hydrogens is 352 g/mol. The van der Waals surface area contributed by atoms with Crippen LogP contribution in [-0.4, -0.2) is 11.9 Å². The molecule has 0 saturated carbocycles. The molecule has 1 amide bonds. The van der Waals surface area contributed by atoms with E-state index in [9.17, 15) is 18.4 Å². The van der Waals surface area contributed by atoms with E-state index in [1.54, 1.807) is 30.3 Å². The molecule has 0 heterocycles. The minimum absolute atomic E-state index is 0.270. The van der Waals surface area contributed by atoms with Crippen LogP contribution in [0, 0.1) is 11.6 Å². The second-order valence-corrected chi connectivity index (χ2v) is 5.67. The Hall–Kier alpha value is -3.54. The molecule has 0 spiro atoms. The number of hydrogen-bond acceptors (Lipinski definition) is 3. The van der Waals surface area contributed by atoms with Gasteiger partial charge in [-0.3, -0.25) is 4.79 Å². The van der Waals surface area contributed by atoms with E-state index < -0.39 is 29.6 Å². The summed E-state index contributed by atoms with van der Waals surface area (Å²) in [6.07, 6.45) is -1.30. The molecule has 4 nitrogen and oxygen atoms in total. The Labute approximate surface area is 154 Å². The van der Waals surface area contributed by atoms with Gasteiger partial charge in [0.05, 0.1) is 5.56 Å². The zero-order valence-electron chi connectivity index (χ0n) is 14.1. The minimum Gasteiger partial charge on any atom is -0.444 e. The first kappa shape index (κ1) is 18.3. The zero-order chi connectivity index (χ0) is 19.2. The molecule has 0 unspecified atom stereocenters. The van der Waals surface area contributed by atoms with E-state index in [2.05, 4.69) is 5.32 Å². The van der Waals surface area contributed by atoms with Gasteiger partial charge in [-0.05, 0) is 36.4 Å². The van der Waals surface area contributed by atoms with Gasteiger partial charge in [-0.2, -0.15) is 0 Å². The average molecular weight is 367 g/mol. The smallest absolute Gasteiger partial charge is 0.342 e. The van der Waals surface area contributed by atoms with Gasteiger partial charge in [-0.15, -0.1) is 0 Å². The molecule has 0 radical (unpaired) electrons. The van der Waals surface area contributed by atoms with Gasteiger partial charge in [0.2, 0.25) is 6.10 Å². The molecule has 0 fully saturated rings. The zero-order valence-corrected chi connectivity index (χ0v) is 14.1. The summed E-state index contributed by atoms with van der Waals surface area (Å²) in [6.45, 7) is 0. The third kappa shape index (κ3) is 4.55. The maximum atomic E-state index is 13.8. The quantitative estimate of drug-likeness (QED) is 0.676. The lowest BCUT2D eigenvalue weighted by molar-refractivity contribution is -0.125. The Morgan fingerprint density at radius 3 is 2.11 bits per heavy atom. The lowest BCUT2D eigenvalue weighted by Crippen LogP contribution is -2.26. The first-order valence-electron chi connectivity index (χ1n) is 8.11. The monoisotopic (exact) mass is 367 g/mol. The van der Waals surface area contributed by atoms with Crippen molar-refractivity contribution in [3.63, 3.8) is 0 Å². The SMILES string of the molecule is O=C(O[C@@H](C(=O)Nc1ccc(F)cc1)c1ccccc1)c1ccccc1F. The molecule has 6 heteroatoms. The Balaban J connectivity index is 1.85. The first-order chi connectivity index (χ1) is 13.0. The highest BCUT2D eigenvalue weighted by Crippen LogP contribution is 2.22. The van der Waals surface area contributed by atoms with Crippen LogP contribution in [0.3, 0.4) is 0 Å². The van der Waals surface area contributed by atoms with Gasteiger partial charge in [0.25, 0.3) is 5.91 Å². The van der Waals surface area contributed by atoms with Crippen molar-refractivity contribution < 1.29 is 23.1 Å². The van der Waals surface area contributed by atoms with Gasteiger partial charge in [-0.25, -0.2) is 13.6 Å². The number of benzene rings is 3. The summed E-state index contributed by atoms with van der Waals surface area (Å²) < 4.78 is 32.2. The van der Waals surface area contributed by atoms with Crippen molar-refractivity contribution in [2.45, 2.75) is 6.10 Å². The van der Waals surface area contributed by atoms with Crippen LogP contribution in [0.1, 0.15) is 22.0 Å². The highest BCUT2D eigenvalue weighted by Gasteiger charge is 2.26. The van der Waals surface area contributed by atoms with Crippen molar-refractivity contribution in [2.75, 3.05) is 5.32 Å². The molecule has 27 heavy (non-hydrogen) atoms. The fraction of sp³-hybridized carbons (Fsp3) is 0.0476. The summed E-state index contributed by atoms with van der Waals surface area (Å²) in [5.41, 5.74) is 0.485. The minimum atomic E-state index is -1.30. The number of hydrogen-bond donors (Lipinski definition) is 1. The molecule has 136 valence electrons. The summed E-state index contributed by atoms with van der Waals surface area (Å²) in [5.74, 6) is -2.79. The molecule has 0 aliphatic carbocycles. The molecule has 0 aliphatic heterocycles. The van der Waals surface area contributed by atoms with Crippen molar-refractivity contribution in [3.05, 3.63) is 102 Å². The van der Waals surface area contributed by atoms with E-state index in [1.807, 2.05) is 0 Å². The molecule has 0 bridgehead atoms. The number of halogens is 2. The van der Waals surface area contributed by atoms with Crippen LogP contribution in [-0.2, 0) is 9.53 Å². The second kappa shape index (κ2) is 8.23. The topological polar surface area (TPSA) is 55.4 Å². The highest BCUT2D eigenvalue weighted by atomic mass is 19.1. The van der Waals surface area contributed by atoms with Crippen LogP contribution < -0.4 is 5.32 Å². The normalized spacial score (nSPS) is 11.5. The number of anilines is 1. The predicted octanol–water partition coefficient (Wildman–Crippen LogP) is 4.50. The van der Waals surface area contributed by atoms with E-state index in [0.29, 0.717) is 11.3 Å². The third-order valence-electron chi connectivity index (χ3n) is 3.77. The van der Waals surface area contributed by atoms with E-state index in [-0.39, 0.29) is 5.56 Å². The highest BCUT2D eigenvalue weighted by molar-refractivity contribution is 5.98. The Morgan fingerprint density at radius 1 is 0.815 bits per heavy atom. The predicted molar refractivity (Wildman–Crippen MR) is 96.0 cm³/mol. The van der Waals surface area contributed by atoms with Crippen LogP contribution in [0.25, 0.3) is 0 Å². The number of carbonyl (C=O) groups is 2. The molecule has 0 saturated heterocycles. The Kier molecular flexibility index (Phi) is 5.56. The number of ether oxygens (including phenoxy) is 1. The average Bonchev–Trinajstić information content (AvgIpc) is 2.68. The maximum absolute atomic E-state index is 13.8. The summed E-state index contributed by atoms with van der Waals surface area (Å²) >= 11 is 0. The summed E-state index contributed by atoms with van der Waals surface area (Å²) in [6, 6.07) is 18.8. The molecular formula is C21H15F2NO3. The van der Waals surface area contributed by atoms with Crippen LogP contribution in [0.15, 0.2) is 78.9 Å². The molecule has 0 aromatic heterocycles. The summed E-state index contributed by atoms with van der Waals surface area (Å²) in [7, 11) is 0. The van der Waals surface area contributed by atoms with Crippen LogP contribution in [0.4, 0.5) is 14.5 Å². The standard InChI is InChI=1S/C21H15F2NO3/c22-15-10-12-16(13-11-15)24-20(25)19(14-6-2-1-3-7-14)27-21(26)17-8-4-5-9-18(17)23/h1-13,19H,(H,24,25)/t19-/m1/s1. The van der Waals surface area contributed by atoms with Crippen molar-refractivity contribution in [1.29, 1.82) is 0 Å². The van der Waals surface area contributed by atoms with Crippen molar-refractivity contribution in [3.8, 4) is 0 Å². The molecule has 3 rings (SSSR count). The first-order valence-corrected chi connectivity index (χ1v) is 8.11. The third-order valence-corrected chi connectivity index (χ3v) is 3.77. The van der Waals surface area contributed by atoms with E-state index in [4.69, 9.17) is 4.74 Å². The largest absolute Gasteiger partial charge is 0.444 e. The molecule has 1 atom stereocenters. The van der Waals surface area contributed by atoms with Crippen molar-refractivity contribution >= 4 is 17.6 Å². The Bertz CT molecular complexity index is 943. The number of carbonyl (C=O) groups excluding carboxylic acids is 2. The van der Waals surface area contributed by atoms with Crippen LogP contribution >= 0.6 is 0 Å². The fourth-order valence-corrected chi connectivity index (χ4v) is 2.44. The summed E-state index contributed by atoms with van der Waals surface area (Å²) in [5, 5.41) is 2.56. The number of esters is 1. The fourth-order valence-electron chi connectivity index (χ4n) is 2.44. The summed E-state index contributed by atoms with van der Waals surface area (Å²) in [4.78, 5) is 25.0. The number of nitrogens with one attached hydrogen (secondary N) is 1. The van der Waals surface area contributed by atoms with E-state index in [0.717, 1.165) is 6.07 Å². The van der Waals surface area contributed by atoms with Gasteiger partial charge in [0.15, 0.2) is 0 Å². The second-order valence-electron chi connectivity index (χ2n) is 5.67. The molecule has 3 aromatic rings. The molecule has 3 aromatic carbocycles. The van der Waals surface area contributed by atoms with Gasteiger partial charge in [0.1, 0.15) is 11.6 Å². The maximum Gasteiger partial charge on any atom is 0.342 e. The van der Waals surface area contributed by atoms with Crippen molar-refractivity contribution in [1.82, 2.24) is 0 Å². The van der Waals surface area contributed by atoms with Crippen LogP contribution in [0.5, 0.6) is 0 Å². The van der Waals surface area contributed by atoms with Crippen molar-refractivity contribution in [2.24, 2.45) is 0 Å². The molecule has 0 aliphatic rings. The Morgan fingerprint density at radius 2 is 1.44 bits per heavy atom. The van der Waals surface area contributed by atoms with Gasteiger partial charge < -0.3 is 10.1 Å².